The molecule has 0 aromatic carbocycles. The van der Waals surface area contributed by atoms with Crippen LogP contribution >= 0.6 is 0 Å². The van der Waals surface area contributed by atoms with E-state index in [1.807, 2.05) is 20.8 Å². The summed E-state index contributed by atoms with van der Waals surface area (Å²) in [5.74, 6) is -3.26. The lowest BCUT2D eigenvalue weighted by Crippen LogP contribution is -2.63. The number of nitrogens with zero attached hydrogens (tertiary/aromatic N) is 3. The van der Waals surface area contributed by atoms with Crippen molar-refractivity contribution in [1.29, 1.82) is 0 Å². The van der Waals surface area contributed by atoms with Crippen LogP contribution in [0.25, 0.3) is 0 Å². The fourth-order valence-electron chi connectivity index (χ4n) is 7.42. The number of ketones is 1. The molecular formula is C35H56N8O7S. The van der Waals surface area contributed by atoms with E-state index in [0.717, 1.165) is 38.4 Å². The number of hydrogen-bond donors (Lipinski definition) is 5. The van der Waals surface area contributed by atoms with Crippen LogP contribution in [-0.2, 0) is 34.0 Å². The average molecular weight is 733 g/mol. The molecule has 16 heteroatoms. The van der Waals surface area contributed by atoms with Gasteiger partial charge in [0.25, 0.3) is 21.1 Å². The number of H-pyrrole nitrogens is 1. The van der Waals surface area contributed by atoms with Crippen molar-refractivity contribution in [3.8, 4) is 0 Å². The van der Waals surface area contributed by atoms with Gasteiger partial charge in [0.05, 0.1) is 6.04 Å². The summed E-state index contributed by atoms with van der Waals surface area (Å²) in [5, 5.41) is 13.8. The zero-order chi connectivity index (χ0) is 37.7. The number of hydrogen-bond acceptors (Lipinski definition) is 9. The average Bonchev–Trinajstić information content (AvgIpc) is 3.50. The molecule has 15 nitrogen and oxygen atoms in total. The van der Waals surface area contributed by atoms with Crippen molar-refractivity contribution in [3.05, 3.63) is 19.0 Å². The first-order chi connectivity index (χ1) is 23.9. The molecule has 1 aliphatic heterocycles. The molecule has 4 rings (SSSR count). The molecule has 3 fully saturated rings. The summed E-state index contributed by atoms with van der Waals surface area (Å²) < 4.78 is 29.2. The second-order valence-electron chi connectivity index (χ2n) is 16.1. The lowest BCUT2D eigenvalue weighted by atomic mass is 9.70. The summed E-state index contributed by atoms with van der Waals surface area (Å²) in [5.41, 5.74) is -1.60. The topological polar surface area (TPSA) is 212 Å². The Hall–Kier alpha value is -3.66. The van der Waals surface area contributed by atoms with E-state index in [1.165, 1.54) is 11.0 Å². The normalized spacial score (nSPS) is 22.5. The smallest absolute Gasteiger partial charge is 0.289 e. The van der Waals surface area contributed by atoms with Crippen LogP contribution in [-0.4, -0.2) is 95.2 Å². The van der Waals surface area contributed by atoms with Crippen LogP contribution in [0.3, 0.4) is 0 Å². The largest absolute Gasteiger partial charge is 0.346 e. The molecule has 51 heavy (non-hydrogen) atoms. The van der Waals surface area contributed by atoms with Gasteiger partial charge in [0.1, 0.15) is 24.5 Å². The maximum atomic E-state index is 14.6. The number of aromatic amines is 1. The zero-order valence-corrected chi connectivity index (χ0v) is 31.6. The predicted octanol–water partition coefficient (Wildman–Crippen LogP) is 1.98. The van der Waals surface area contributed by atoms with Crippen molar-refractivity contribution in [1.82, 2.24) is 40.8 Å². The molecule has 5 atom stereocenters. The quantitative estimate of drug-likeness (QED) is 0.124. The van der Waals surface area contributed by atoms with Gasteiger partial charge in [-0.05, 0) is 54.3 Å². The minimum absolute atomic E-state index is 0.00386. The minimum atomic E-state index is -4.28. The van der Waals surface area contributed by atoms with Crippen LogP contribution in [0.5, 0.6) is 0 Å². The predicted molar refractivity (Wildman–Crippen MR) is 189 cm³/mol. The lowest BCUT2D eigenvalue weighted by Gasteiger charge is -2.42. The zero-order valence-electron chi connectivity index (χ0n) is 30.8. The van der Waals surface area contributed by atoms with Gasteiger partial charge in [-0.3, -0.25) is 24.0 Å². The van der Waals surface area contributed by atoms with Crippen LogP contribution in [0.1, 0.15) is 99.3 Å². The second kappa shape index (κ2) is 16.3. The third kappa shape index (κ3) is 9.82. The van der Waals surface area contributed by atoms with E-state index in [4.69, 9.17) is 0 Å². The van der Waals surface area contributed by atoms with Crippen LogP contribution in [0.15, 0.2) is 24.1 Å². The van der Waals surface area contributed by atoms with E-state index in [0.29, 0.717) is 25.7 Å². The highest BCUT2D eigenvalue weighted by molar-refractivity contribution is 7.89. The fraction of sp³-hybridized carbons (Fsp3) is 0.743. The third-order valence-corrected chi connectivity index (χ3v) is 11.9. The van der Waals surface area contributed by atoms with Gasteiger partial charge >= 0.3 is 0 Å². The minimum Gasteiger partial charge on any atom is -0.346 e. The monoisotopic (exact) mass is 732 g/mol. The number of aromatic nitrogens is 3. The van der Waals surface area contributed by atoms with E-state index in [9.17, 15) is 32.4 Å². The molecular weight excluding hydrogens is 677 g/mol. The van der Waals surface area contributed by atoms with Gasteiger partial charge in [-0.2, -0.15) is 9.82 Å². The van der Waals surface area contributed by atoms with Crippen LogP contribution in [0.4, 0.5) is 0 Å². The summed E-state index contributed by atoms with van der Waals surface area (Å²) >= 11 is 0. The van der Waals surface area contributed by atoms with Gasteiger partial charge in [0.15, 0.2) is 0 Å². The van der Waals surface area contributed by atoms with Gasteiger partial charge in [-0.1, -0.05) is 79.7 Å². The highest BCUT2D eigenvalue weighted by Gasteiger charge is 2.50. The molecule has 0 radical (unpaired) electrons. The summed E-state index contributed by atoms with van der Waals surface area (Å²) in [4.78, 5) is 74.2. The number of amides is 4. The summed E-state index contributed by atoms with van der Waals surface area (Å²) in [7, 11) is -4.28. The van der Waals surface area contributed by atoms with Crippen molar-refractivity contribution in [2.24, 2.45) is 28.6 Å². The molecule has 0 spiro atoms. The Labute approximate surface area is 301 Å². The molecule has 2 heterocycles. The van der Waals surface area contributed by atoms with E-state index in [1.54, 1.807) is 20.8 Å². The molecule has 5 N–H and O–H groups in total. The maximum Gasteiger partial charge on any atom is 0.289 e. The van der Waals surface area contributed by atoms with Crippen LogP contribution in [0, 0.1) is 28.6 Å². The molecule has 4 amide bonds. The number of sulfonamides is 1. The summed E-state index contributed by atoms with van der Waals surface area (Å²) in [6, 6.07) is -4.37. The Morgan fingerprint density at radius 3 is 2.29 bits per heavy atom. The standard InChI is InChI=1S/C35H56N8O7S/c1-8-17-36-30(46)26(44)24(19-22-12-13-22)39-29(45)25-23(21(2)3)14-18-43(25)32(48)28(34(4,5)6)40-31(47)27(35(7)15-10-9-11-16-35)42-51(49,50)33-37-20-38-41-33/h8,20-25,27-28,42H,1,9-19H2,2-7H3,(H,36,46)(H,39,45)(H,40,47)(H,37,38,41)/t23-,24?,25+,27-,28-/m1/s1. The summed E-state index contributed by atoms with van der Waals surface area (Å²) in [6.45, 7) is 15.1. The first-order valence-electron chi connectivity index (χ1n) is 18.1. The number of rotatable bonds is 16. The number of carbonyl (C=O) groups is 5. The van der Waals surface area contributed by atoms with Crippen molar-refractivity contribution in [2.45, 2.75) is 129 Å². The van der Waals surface area contributed by atoms with Crippen LogP contribution in [0.2, 0.25) is 0 Å². The first-order valence-corrected chi connectivity index (χ1v) is 19.6. The molecule has 3 aliphatic rings. The van der Waals surface area contributed by atoms with Crippen molar-refractivity contribution in [3.63, 3.8) is 0 Å². The molecule has 1 aromatic heterocycles. The van der Waals surface area contributed by atoms with Gasteiger partial charge in [0.2, 0.25) is 23.5 Å². The number of likely N-dealkylation sites (tertiary alicyclic amines) is 1. The third-order valence-electron chi connectivity index (χ3n) is 10.7. The Bertz CT molecular complexity index is 1550. The fourth-order valence-corrected chi connectivity index (χ4v) is 8.59. The Morgan fingerprint density at radius 2 is 1.75 bits per heavy atom. The van der Waals surface area contributed by atoms with Gasteiger partial charge in [-0.25, -0.2) is 18.5 Å². The molecule has 1 aromatic rings. The molecule has 1 saturated heterocycles. The van der Waals surface area contributed by atoms with E-state index in [-0.39, 0.29) is 30.8 Å². The van der Waals surface area contributed by atoms with E-state index < -0.39 is 79.6 Å². The van der Waals surface area contributed by atoms with Gasteiger partial charge in [-0.15, -0.1) is 6.58 Å². The highest BCUT2D eigenvalue weighted by atomic mass is 32.2. The van der Waals surface area contributed by atoms with Crippen LogP contribution < -0.4 is 20.7 Å². The Balaban J connectivity index is 1.62. The summed E-state index contributed by atoms with van der Waals surface area (Å²) in [6.07, 6.45) is 8.94. The SMILES string of the molecule is C=CCNC(=O)C(=O)C(CC1CC1)NC(=O)[C@@H]1[C@@H](C(C)C)CCN1C(=O)[C@@H](NC(=O)[C@@H](NS(=O)(=O)c1ncn[nH]1)C1(C)CCCCC1)C(C)(C)C. The molecule has 2 aliphatic carbocycles. The number of carbonyl (C=O) groups excluding carboxylic acids is 5. The van der Waals surface area contributed by atoms with Gasteiger partial charge < -0.3 is 20.9 Å². The van der Waals surface area contributed by atoms with Gasteiger partial charge in [0, 0.05) is 13.1 Å². The van der Waals surface area contributed by atoms with E-state index >= 15 is 0 Å². The molecule has 0 bridgehead atoms. The van der Waals surface area contributed by atoms with Crippen molar-refractivity contribution >= 4 is 39.4 Å². The molecule has 1 unspecified atom stereocenters. The number of nitrogens with one attached hydrogen (secondary N) is 5. The Morgan fingerprint density at radius 1 is 1.08 bits per heavy atom. The maximum absolute atomic E-state index is 14.6. The highest BCUT2D eigenvalue weighted by Crippen LogP contribution is 2.40. The van der Waals surface area contributed by atoms with Crippen molar-refractivity contribution < 1.29 is 32.4 Å². The van der Waals surface area contributed by atoms with Crippen molar-refractivity contribution in [2.75, 3.05) is 13.1 Å². The number of Topliss-reactive ketones (excluding diaryl/α,β-unsaturated/α-hetero) is 1. The first kappa shape index (κ1) is 40.1. The lowest BCUT2D eigenvalue weighted by molar-refractivity contribution is -0.146. The molecule has 2 saturated carbocycles. The van der Waals surface area contributed by atoms with E-state index in [2.05, 4.69) is 42.4 Å². The second-order valence-corrected chi connectivity index (χ2v) is 17.8. The Kier molecular flexibility index (Phi) is 12.9. The molecule has 284 valence electrons.